The van der Waals surface area contributed by atoms with Crippen LogP contribution in [0.2, 0.25) is 0 Å². The maximum absolute atomic E-state index is 4.38. The molecule has 348 valence electrons. The van der Waals surface area contributed by atoms with Crippen LogP contribution in [-0.2, 0) is 0 Å². The Labute approximate surface area is 392 Å². The van der Waals surface area contributed by atoms with E-state index >= 15 is 0 Å². The molecule has 0 aliphatic heterocycles. The quantitative estimate of drug-likeness (QED) is 0.173. The van der Waals surface area contributed by atoms with Crippen LogP contribution < -0.4 is 0 Å². The lowest BCUT2D eigenvalue weighted by Gasteiger charge is -2.03. The summed E-state index contributed by atoms with van der Waals surface area (Å²) in [6, 6.07) is 36.0. The smallest absolute Gasteiger partial charge is 0.0704 e. The highest BCUT2D eigenvalue weighted by Gasteiger charge is 2.36. The average molecular weight is 865 g/mol. The monoisotopic (exact) mass is 865 g/mol. The lowest BCUT2D eigenvalue weighted by molar-refractivity contribution is 0.885. The topological polar surface area (TPSA) is 51.6 Å². The zero-order valence-corrected chi connectivity index (χ0v) is 42.9. The van der Waals surface area contributed by atoms with Gasteiger partial charge in [-0.05, 0) is 150 Å². The first-order valence-electron chi connectivity index (χ1n) is 25.5. The normalized spacial score (nSPS) is 24.8. The second-order valence-electron chi connectivity index (χ2n) is 16.7. The molecule has 2 aromatic carbocycles. The Morgan fingerprint density at radius 2 is 0.797 bits per heavy atom. The molecule has 11 rings (SSSR count). The van der Waals surface area contributed by atoms with E-state index in [0.29, 0.717) is 0 Å². The van der Waals surface area contributed by atoms with Crippen LogP contribution in [0, 0.1) is 29.6 Å². The van der Waals surface area contributed by atoms with E-state index in [1.807, 2.05) is 119 Å². The van der Waals surface area contributed by atoms with Crippen molar-refractivity contribution in [1.82, 2.24) is 19.9 Å². The predicted octanol–water partition coefficient (Wildman–Crippen LogP) is 17.9. The van der Waals surface area contributed by atoms with E-state index in [1.165, 1.54) is 65.4 Å². The Bertz CT molecular complexity index is 1810. The van der Waals surface area contributed by atoms with Gasteiger partial charge in [0.25, 0.3) is 0 Å². The van der Waals surface area contributed by atoms with Gasteiger partial charge in [0.2, 0.25) is 0 Å². The van der Waals surface area contributed by atoms with Crippen molar-refractivity contribution in [3.63, 3.8) is 0 Å². The minimum Gasteiger partial charge on any atom is -0.265 e. The number of rotatable bonds is 5. The molecule has 5 fully saturated rings. The summed E-state index contributed by atoms with van der Waals surface area (Å²) in [5, 5.41) is 1.34. The standard InChI is InChI=1S/C13H13N.C10H12.3C9H11N.5C2H6/c1-9-8-12(9)10-6-7-14-13-5-3-2-4-11(10)13;1-8-7-10(8)9-5-3-2-4-6-9;1-7-6-9(7)8-2-4-10-5-3-8;1-7-5-9(7)8-3-2-4-10-6-8;1-7-6-8(7)9-4-2-3-5-10-9;5*1-2/h2-7,9,12H,8H2,1H3;2-6,8,10H,7H2,1H3;2-5,7,9H,6H2,1H3;2-4,6-7,9H,5H2,1H3;2-5,7-8H,6H2,1H3;5*1-2H3/t9-,12-;8-,10-;2*7-,9-;7-,8-;;;;;/m11111...../s1. The number of fused-ring (bicyclic) bond motifs is 1. The van der Waals surface area contributed by atoms with Crippen molar-refractivity contribution in [3.8, 4) is 0 Å². The first kappa shape index (κ1) is 55.4. The van der Waals surface area contributed by atoms with Crippen LogP contribution >= 0.6 is 0 Å². The summed E-state index contributed by atoms with van der Waals surface area (Å²) < 4.78 is 0. The number of benzene rings is 2. The number of aromatic nitrogens is 4. The van der Waals surface area contributed by atoms with Crippen molar-refractivity contribution in [1.29, 1.82) is 0 Å². The molecule has 0 spiro atoms. The van der Waals surface area contributed by atoms with E-state index in [0.717, 1.165) is 64.7 Å². The Kier molecular flexibility index (Phi) is 27.0. The van der Waals surface area contributed by atoms with Crippen LogP contribution in [0.25, 0.3) is 10.9 Å². The Morgan fingerprint density at radius 1 is 0.344 bits per heavy atom. The van der Waals surface area contributed by atoms with Gasteiger partial charge in [-0.15, -0.1) is 0 Å². The Hall–Kier alpha value is -4.70. The van der Waals surface area contributed by atoms with E-state index in [1.54, 1.807) is 0 Å². The van der Waals surface area contributed by atoms with Crippen molar-refractivity contribution in [3.05, 3.63) is 168 Å². The highest BCUT2D eigenvalue weighted by atomic mass is 14.7. The molecule has 64 heavy (non-hydrogen) atoms. The maximum Gasteiger partial charge on any atom is 0.0704 e. The van der Waals surface area contributed by atoms with Crippen molar-refractivity contribution in [2.24, 2.45) is 29.6 Å². The highest BCUT2D eigenvalue weighted by Crippen LogP contribution is 2.49. The van der Waals surface area contributed by atoms with Gasteiger partial charge in [0.1, 0.15) is 0 Å². The van der Waals surface area contributed by atoms with Crippen LogP contribution in [-0.4, -0.2) is 19.9 Å². The molecule has 0 N–H and O–H groups in total. The molecule has 4 heteroatoms. The van der Waals surface area contributed by atoms with Gasteiger partial charge >= 0.3 is 0 Å². The van der Waals surface area contributed by atoms with E-state index in [2.05, 4.69) is 146 Å². The molecule has 0 amide bonds. The molecular formula is C60H88N4. The van der Waals surface area contributed by atoms with E-state index < -0.39 is 0 Å². The van der Waals surface area contributed by atoms with Crippen LogP contribution in [0.4, 0.5) is 0 Å². The van der Waals surface area contributed by atoms with E-state index in [4.69, 9.17) is 0 Å². The average Bonchev–Trinajstić information content (AvgIpc) is 4.08. The predicted molar refractivity (Wildman–Crippen MR) is 280 cm³/mol. The molecule has 6 aromatic rings. The maximum atomic E-state index is 4.38. The summed E-state index contributed by atoms with van der Waals surface area (Å²) in [5.74, 6) is 8.53. The molecular weight excluding hydrogens is 777 g/mol. The van der Waals surface area contributed by atoms with Crippen LogP contribution in [0.15, 0.2) is 140 Å². The van der Waals surface area contributed by atoms with Crippen LogP contribution in [0.1, 0.15) is 193 Å². The number of hydrogen-bond acceptors (Lipinski definition) is 4. The second-order valence-corrected chi connectivity index (χ2v) is 16.7. The van der Waals surface area contributed by atoms with E-state index in [9.17, 15) is 0 Å². The minimum atomic E-state index is 0.765. The van der Waals surface area contributed by atoms with Gasteiger partial charge in [-0.3, -0.25) is 19.9 Å². The summed E-state index contributed by atoms with van der Waals surface area (Å²) >= 11 is 0. The SMILES string of the molecule is CC.CC.CC.CC.CC.C[C@@H]1C[C@H]1c1ccccc1.C[C@@H]1C[C@H]1c1ccccn1.C[C@@H]1C[C@H]1c1cccnc1.C[C@@H]1C[C@H]1c1ccnc2ccccc12.C[C@@H]1C[C@H]1c1ccncc1. The van der Waals surface area contributed by atoms with Gasteiger partial charge in [-0.1, -0.05) is 165 Å². The molecule has 5 aliphatic carbocycles. The molecule has 4 nitrogen and oxygen atoms in total. The minimum absolute atomic E-state index is 0.765. The molecule has 0 radical (unpaired) electrons. The molecule has 0 bridgehead atoms. The molecule has 4 aromatic heterocycles. The van der Waals surface area contributed by atoms with Gasteiger partial charge in [-0.2, -0.15) is 0 Å². The van der Waals surface area contributed by atoms with Crippen molar-refractivity contribution in [2.45, 2.75) is 166 Å². The highest BCUT2D eigenvalue weighted by molar-refractivity contribution is 5.82. The molecule has 5 aliphatic rings. The molecule has 5 saturated carbocycles. The fraction of sp³-hybridized carbons (Fsp3) is 0.500. The zero-order chi connectivity index (χ0) is 47.4. The lowest BCUT2D eigenvalue weighted by Crippen LogP contribution is -1.86. The van der Waals surface area contributed by atoms with Crippen molar-refractivity contribution < 1.29 is 0 Å². The summed E-state index contributed by atoms with van der Waals surface area (Å²) in [6.07, 6.45) is 18.2. The van der Waals surface area contributed by atoms with Gasteiger partial charge < -0.3 is 0 Å². The summed E-state index contributed by atoms with van der Waals surface area (Å²) in [6.45, 7) is 31.5. The third-order valence-electron chi connectivity index (χ3n) is 12.2. The number of nitrogens with zero attached hydrogens (tertiary/aromatic N) is 4. The Morgan fingerprint density at radius 3 is 1.27 bits per heavy atom. The van der Waals surface area contributed by atoms with Crippen molar-refractivity contribution in [2.75, 3.05) is 0 Å². The number of para-hydroxylation sites is 1. The second kappa shape index (κ2) is 31.2. The Balaban J connectivity index is 0.000000263. The summed E-state index contributed by atoms with van der Waals surface area (Å²) in [7, 11) is 0. The summed E-state index contributed by atoms with van der Waals surface area (Å²) in [5.41, 5.74) is 8.29. The molecule has 0 unspecified atom stereocenters. The van der Waals surface area contributed by atoms with Crippen LogP contribution in [0.5, 0.6) is 0 Å². The van der Waals surface area contributed by atoms with E-state index in [-0.39, 0.29) is 0 Å². The summed E-state index contributed by atoms with van der Waals surface area (Å²) in [4.78, 5) is 16.7. The van der Waals surface area contributed by atoms with Crippen LogP contribution in [0.3, 0.4) is 0 Å². The number of pyridine rings is 4. The van der Waals surface area contributed by atoms with Gasteiger partial charge in [0.05, 0.1) is 5.52 Å². The third-order valence-corrected chi connectivity index (χ3v) is 12.2. The first-order chi connectivity index (χ1) is 31.4. The fourth-order valence-corrected chi connectivity index (χ4v) is 7.79. The fourth-order valence-electron chi connectivity index (χ4n) is 7.79. The van der Waals surface area contributed by atoms with Gasteiger partial charge in [0.15, 0.2) is 0 Å². The van der Waals surface area contributed by atoms with Crippen molar-refractivity contribution >= 4 is 10.9 Å². The zero-order valence-electron chi connectivity index (χ0n) is 42.9. The number of hydrogen-bond donors (Lipinski definition) is 0. The molecule has 0 saturated heterocycles. The molecule has 4 heterocycles. The van der Waals surface area contributed by atoms with Gasteiger partial charge in [-0.25, -0.2) is 0 Å². The molecule has 10 atom stereocenters. The first-order valence-corrected chi connectivity index (χ1v) is 25.5. The van der Waals surface area contributed by atoms with Gasteiger partial charge in [0, 0.05) is 54.2 Å². The third kappa shape index (κ3) is 18.8. The largest absolute Gasteiger partial charge is 0.265 e. The lowest BCUT2D eigenvalue weighted by atomic mass is 10.0.